The summed E-state index contributed by atoms with van der Waals surface area (Å²) in [7, 11) is 0. The first-order valence-electron chi connectivity index (χ1n) is 7.14. The SMILES string of the molecule is Cc1ccc(NC(=O)COc2ccc(-n3cnnn3)cc2)cc1F. The largest absolute Gasteiger partial charge is 0.484 e. The molecule has 0 aliphatic rings. The molecule has 0 atom stereocenters. The van der Waals surface area contributed by atoms with E-state index in [1.54, 1.807) is 43.3 Å². The maximum atomic E-state index is 13.4. The Labute approximate surface area is 137 Å². The molecule has 1 N–H and O–H groups in total. The monoisotopic (exact) mass is 327 g/mol. The van der Waals surface area contributed by atoms with Gasteiger partial charge in [0.15, 0.2) is 6.61 Å². The number of rotatable bonds is 5. The Kier molecular flexibility index (Phi) is 4.46. The van der Waals surface area contributed by atoms with Crippen molar-refractivity contribution in [3.05, 3.63) is 60.2 Å². The van der Waals surface area contributed by atoms with Gasteiger partial charge in [0, 0.05) is 5.69 Å². The third kappa shape index (κ3) is 3.72. The van der Waals surface area contributed by atoms with E-state index in [-0.39, 0.29) is 18.3 Å². The number of carbonyl (C=O) groups excluding carboxylic acids is 1. The normalized spacial score (nSPS) is 10.4. The van der Waals surface area contributed by atoms with Gasteiger partial charge in [0.05, 0.1) is 5.69 Å². The summed E-state index contributed by atoms with van der Waals surface area (Å²) < 4.78 is 20.3. The van der Waals surface area contributed by atoms with Crippen molar-refractivity contribution in [3.63, 3.8) is 0 Å². The predicted molar refractivity (Wildman–Crippen MR) is 84.4 cm³/mol. The summed E-state index contributed by atoms with van der Waals surface area (Å²) in [6.45, 7) is 1.48. The van der Waals surface area contributed by atoms with Gasteiger partial charge in [-0.3, -0.25) is 4.79 Å². The van der Waals surface area contributed by atoms with Gasteiger partial charge in [0.2, 0.25) is 0 Å². The van der Waals surface area contributed by atoms with Crippen LogP contribution in [0, 0.1) is 12.7 Å². The summed E-state index contributed by atoms with van der Waals surface area (Å²) >= 11 is 0. The highest BCUT2D eigenvalue weighted by Gasteiger charge is 2.06. The van der Waals surface area contributed by atoms with Crippen LogP contribution in [0.4, 0.5) is 10.1 Å². The lowest BCUT2D eigenvalue weighted by Gasteiger charge is -2.08. The van der Waals surface area contributed by atoms with Crippen molar-refractivity contribution in [2.45, 2.75) is 6.92 Å². The summed E-state index contributed by atoms with van der Waals surface area (Å²) in [6.07, 6.45) is 1.48. The van der Waals surface area contributed by atoms with E-state index in [9.17, 15) is 9.18 Å². The van der Waals surface area contributed by atoms with Gasteiger partial charge < -0.3 is 10.1 Å². The molecule has 0 bridgehead atoms. The second-order valence-corrected chi connectivity index (χ2v) is 5.05. The Bertz CT molecular complexity index is 834. The van der Waals surface area contributed by atoms with Crippen molar-refractivity contribution < 1.29 is 13.9 Å². The summed E-state index contributed by atoms with van der Waals surface area (Å²) in [5.41, 5.74) is 1.68. The van der Waals surface area contributed by atoms with Crippen LogP contribution in [0.5, 0.6) is 5.75 Å². The number of hydrogen-bond donors (Lipinski definition) is 1. The first kappa shape index (κ1) is 15.6. The van der Waals surface area contributed by atoms with E-state index < -0.39 is 0 Å². The van der Waals surface area contributed by atoms with E-state index in [4.69, 9.17) is 4.74 Å². The molecule has 0 saturated heterocycles. The highest BCUT2D eigenvalue weighted by molar-refractivity contribution is 5.91. The van der Waals surface area contributed by atoms with Gasteiger partial charge in [-0.1, -0.05) is 6.07 Å². The van der Waals surface area contributed by atoms with E-state index in [2.05, 4.69) is 20.8 Å². The molecule has 24 heavy (non-hydrogen) atoms. The van der Waals surface area contributed by atoms with Crippen LogP contribution in [0.3, 0.4) is 0 Å². The predicted octanol–water partition coefficient (Wildman–Crippen LogP) is 2.13. The molecule has 0 fully saturated rings. The van der Waals surface area contributed by atoms with Crippen LogP contribution in [0.15, 0.2) is 48.8 Å². The van der Waals surface area contributed by atoms with Gasteiger partial charge in [0.25, 0.3) is 5.91 Å². The Morgan fingerprint density at radius 3 is 2.71 bits per heavy atom. The molecular formula is C16H14FN5O2. The smallest absolute Gasteiger partial charge is 0.262 e. The lowest BCUT2D eigenvalue weighted by atomic mass is 10.2. The second-order valence-electron chi connectivity index (χ2n) is 5.05. The molecule has 0 spiro atoms. The lowest BCUT2D eigenvalue weighted by Crippen LogP contribution is -2.20. The van der Waals surface area contributed by atoms with Crippen LogP contribution in [0.25, 0.3) is 5.69 Å². The maximum Gasteiger partial charge on any atom is 0.262 e. The van der Waals surface area contributed by atoms with Crippen LogP contribution in [-0.4, -0.2) is 32.7 Å². The molecule has 8 heteroatoms. The molecule has 0 radical (unpaired) electrons. The average Bonchev–Trinajstić information content (AvgIpc) is 3.11. The Morgan fingerprint density at radius 1 is 1.25 bits per heavy atom. The Morgan fingerprint density at radius 2 is 2.04 bits per heavy atom. The summed E-state index contributed by atoms with van der Waals surface area (Å²) in [4.78, 5) is 11.8. The van der Waals surface area contributed by atoms with Gasteiger partial charge in [-0.05, 0) is 59.3 Å². The third-order valence-electron chi connectivity index (χ3n) is 3.28. The molecule has 0 unspecified atom stereocenters. The van der Waals surface area contributed by atoms with E-state index in [1.807, 2.05) is 0 Å². The number of aryl methyl sites for hydroxylation is 1. The van der Waals surface area contributed by atoms with Crippen molar-refractivity contribution >= 4 is 11.6 Å². The number of tetrazole rings is 1. The van der Waals surface area contributed by atoms with Gasteiger partial charge >= 0.3 is 0 Å². The average molecular weight is 327 g/mol. The number of halogens is 1. The van der Waals surface area contributed by atoms with Crippen molar-refractivity contribution in [3.8, 4) is 11.4 Å². The topological polar surface area (TPSA) is 81.9 Å². The minimum Gasteiger partial charge on any atom is -0.484 e. The number of aromatic nitrogens is 4. The maximum absolute atomic E-state index is 13.4. The van der Waals surface area contributed by atoms with Gasteiger partial charge in [-0.2, -0.15) is 0 Å². The van der Waals surface area contributed by atoms with Crippen molar-refractivity contribution in [2.75, 3.05) is 11.9 Å². The molecule has 7 nitrogen and oxygen atoms in total. The fourth-order valence-corrected chi connectivity index (χ4v) is 1.99. The molecule has 0 aliphatic carbocycles. The second kappa shape index (κ2) is 6.86. The van der Waals surface area contributed by atoms with E-state index in [1.165, 1.54) is 17.1 Å². The quantitative estimate of drug-likeness (QED) is 0.776. The van der Waals surface area contributed by atoms with Crippen LogP contribution in [0.2, 0.25) is 0 Å². The Balaban J connectivity index is 1.55. The number of anilines is 1. The summed E-state index contributed by atoms with van der Waals surface area (Å²) in [5.74, 6) is -0.216. The number of nitrogens with zero attached hydrogens (tertiary/aromatic N) is 4. The van der Waals surface area contributed by atoms with Crippen LogP contribution < -0.4 is 10.1 Å². The molecule has 1 aromatic heterocycles. The van der Waals surface area contributed by atoms with E-state index in [0.717, 1.165) is 5.69 Å². The molecule has 1 heterocycles. The van der Waals surface area contributed by atoms with Crippen LogP contribution in [0.1, 0.15) is 5.56 Å². The third-order valence-corrected chi connectivity index (χ3v) is 3.28. The fraction of sp³-hybridized carbons (Fsp3) is 0.125. The standard InChI is InChI=1S/C16H14FN5O2/c1-11-2-3-12(8-15(11)17)19-16(23)9-24-14-6-4-13(5-7-14)22-10-18-20-21-22/h2-8,10H,9H2,1H3,(H,19,23). The number of hydrogen-bond acceptors (Lipinski definition) is 5. The lowest BCUT2D eigenvalue weighted by molar-refractivity contribution is -0.118. The van der Waals surface area contributed by atoms with Crippen molar-refractivity contribution in [1.29, 1.82) is 0 Å². The first-order valence-corrected chi connectivity index (χ1v) is 7.14. The number of benzene rings is 2. The van der Waals surface area contributed by atoms with Crippen molar-refractivity contribution in [2.24, 2.45) is 0 Å². The number of nitrogens with one attached hydrogen (secondary N) is 1. The zero-order valence-corrected chi connectivity index (χ0v) is 12.8. The molecular weight excluding hydrogens is 313 g/mol. The summed E-state index contributed by atoms with van der Waals surface area (Å²) in [6, 6.07) is 11.4. The molecule has 3 rings (SSSR count). The number of amides is 1. The minimum absolute atomic E-state index is 0.181. The molecule has 2 aromatic carbocycles. The van der Waals surface area contributed by atoms with Gasteiger partial charge in [0.1, 0.15) is 17.9 Å². The van der Waals surface area contributed by atoms with E-state index >= 15 is 0 Å². The van der Waals surface area contributed by atoms with Crippen LogP contribution >= 0.6 is 0 Å². The number of carbonyl (C=O) groups is 1. The number of ether oxygens (including phenoxy) is 1. The molecule has 3 aromatic rings. The Hall–Kier alpha value is -3.29. The van der Waals surface area contributed by atoms with Crippen LogP contribution in [-0.2, 0) is 4.79 Å². The molecule has 1 amide bonds. The molecule has 0 aliphatic heterocycles. The fourth-order valence-electron chi connectivity index (χ4n) is 1.99. The summed E-state index contributed by atoms with van der Waals surface area (Å²) in [5, 5.41) is 13.5. The zero-order valence-electron chi connectivity index (χ0n) is 12.8. The minimum atomic E-state index is -0.372. The molecule has 0 saturated carbocycles. The zero-order chi connectivity index (χ0) is 16.9. The van der Waals surface area contributed by atoms with Gasteiger partial charge in [-0.15, -0.1) is 5.10 Å². The van der Waals surface area contributed by atoms with Gasteiger partial charge in [-0.25, -0.2) is 9.07 Å². The van der Waals surface area contributed by atoms with Crippen molar-refractivity contribution in [1.82, 2.24) is 20.2 Å². The first-order chi connectivity index (χ1) is 11.6. The van der Waals surface area contributed by atoms with E-state index in [0.29, 0.717) is 17.0 Å². The highest BCUT2D eigenvalue weighted by Crippen LogP contribution is 2.15. The molecule has 122 valence electrons. The highest BCUT2D eigenvalue weighted by atomic mass is 19.1.